The molecule has 1 amide bonds. The highest BCUT2D eigenvalue weighted by molar-refractivity contribution is 5.92. The van der Waals surface area contributed by atoms with Crippen molar-refractivity contribution in [2.24, 2.45) is 0 Å². The summed E-state index contributed by atoms with van der Waals surface area (Å²) in [6, 6.07) is 11.0. The highest BCUT2D eigenvalue weighted by atomic mass is 16.3. The van der Waals surface area contributed by atoms with E-state index in [1.807, 2.05) is 24.3 Å². The van der Waals surface area contributed by atoms with E-state index < -0.39 is 0 Å². The Morgan fingerprint density at radius 2 is 1.91 bits per heavy atom. The third kappa shape index (κ3) is 4.35. The van der Waals surface area contributed by atoms with Crippen LogP contribution in [0.25, 0.3) is 17.3 Å². The topological polar surface area (TPSA) is 81.6 Å². The average Bonchev–Trinajstić information content (AvgIpc) is 2.76. The summed E-state index contributed by atoms with van der Waals surface area (Å²) in [7, 11) is 2.11. The number of anilines is 1. The number of amides is 1. The van der Waals surface area contributed by atoms with Crippen LogP contribution in [0.3, 0.4) is 0 Å². The molecule has 2 N–H and O–H groups in total. The number of aromatic hydroxyl groups is 1. The lowest BCUT2D eigenvalue weighted by Gasteiger charge is -2.43. The summed E-state index contributed by atoms with van der Waals surface area (Å²) in [5, 5.41) is 23.1. The Balaban J connectivity index is 1.26. The molecule has 1 aromatic carbocycles. The lowest BCUT2D eigenvalue weighted by atomic mass is 9.83. The molecule has 0 radical (unpaired) electrons. The summed E-state index contributed by atoms with van der Waals surface area (Å²) in [6.07, 6.45) is 10.5. The zero-order valence-corrected chi connectivity index (χ0v) is 18.6. The van der Waals surface area contributed by atoms with Gasteiger partial charge in [0.05, 0.1) is 5.69 Å². The normalized spacial score (nSPS) is 24.9. The third-order valence-electron chi connectivity index (χ3n) is 7.13. The largest absolute Gasteiger partial charge is 0.507 e. The first kappa shape index (κ1) is 20.9. The lowest BCUT2D eigenvalue weighted by Crippen LogP contribution is -2.54. The Hall–Kier alpha value is -2.93. The summed E-state index contributed by atoms with van der Waals surface area (Å²) in [5.74, 6) is 1.01. The molecule has 7 heteroatoms. The van der Waals surface area contributed by atoms with Crippen LogP contribution in [-0.2, 0) is 4.79 Å². The molecule has 168 valence electrons. The molecule has 0 spiro atoms. The minimum atomic E-state index is 0.0165. The highest BCUT2D eigenvalue weighted by Gasteiger charge is 2.33. The number of rotatable bonds is 5. The van der Waals surface area contributed by atoms with Gasteiger partial charge >= 0.3 is 0 Å². The Morgan fingerprint density at radius 1 is 1.12 bits per heavy atom. The van der Waals surface area contributed by atoms with Crippen LogP contribution in [0.4, 0.5) is 5.82 Å². The molecule has 5 rings (SSSR count). The van der Waals surface area contributed by atoms with Crippen LogP contribution in [0.1, 0.15) is 44.1 Å². The second-order valence-electron chi connectivity index (χ2n) is 9.29. The number of likely N-dealkylation sites (tertiary alicyclic amines) is 1. The first-order chi connectivity index (χ1) is 15.6. The van der Waals surface area contributed by atoms with Crippen molar-refractivity contribution in [3.05, 3.63) is 42.0 Å². The van der Waals surface area contributed by atoms with E-state index in [0.29, 0.717) is 29.4 Å². The van der Waals surface area contributed by atoms with Gasteiger partial charge in [0.2, 0.25) is 5.91 Å². The van der Waals surface area contributed by atoms with E-state index >= 15 is 0 Å². The van der Waals surface area contributed by atoms with Gasteiger partial charge in [-0.15, -0.1) is 10.2 Å². The molecule has 2 bridgehead atoms. The summed E-state index contributed by atoms with van der Waals surface area (Å²) in [5.41, 5.74) is 2.05. The Morgan fingerprint density at radius 3 is 2.53 bits per heavy atom. The first-order valence-electron chi connectivity index (χ1n) is 11.7. The minimum Gasteiger partial charge on any atom is -0.507 e. The SMILES string of the molecule is CN(c1ccc(-c2ccc(/C=C/C(=O)N3CCC3)cc2O)nn1)[C@@H]1C[C@H]2CCC[C@@H](C1)N2. The van der Waals surface area contributed by atoms with Crippen molar-refractivity contribution in [1.29, 1.82) is 0 Å². The smallest absolute Gasteiger partial charge is 0.246 e. The van der Waals surface area contributed by atoms with Crippen LogP contribution in [0.2, 0.25) is 0 Å². The number of hydrogen-bond donors (Lipinski definition) is 2. The van der Waals surface area contributed by atoms with Gasteiger partial charge in [-0.1, -0.05) is 12.5 Å². The van der Waals surface area contributed by atoms with Crippen molar-refractivity contribution in [1.82, 2.24) is 20.4 Å². The Labute approximate surface area is 189 Å². The van der Waals surface area contributed by atoms with Crippen LogP contribution >= 0.6 is 0 Å². The predicted molar refractivity (Wildman–Crippen MR) is 125 cm³/mol. The second kappa shape index (κ2) is 8.90. The minimum absolute atomic E-state index is 0.0165. The van der Waals surface area contributed by atoms with Gasteiger partial charge < -0.3 is 20.2 Å². The molecule has 32 heavy (non-hydrogen) atoms. The van der Waals surface area contributed by atoms with Gasteiger partial charge in [0.15, 0.2) is 5.82 Å². The molecule has 3 aliphatic rings. The van der Waals surface area contributed by atoms with E-state index in [4.69, 9.17) is 0 Å². The number of phenols is 1. The summed E-state index contributed by atoms with van der Waals surface area (Å²) in [6.45, 7) is 1.66. The maximum Gasteiger partial charge on any atom is 0.246 e. The molecule has 1 aromatic heterocycles. The van der Waals surface area contributed by atoms with Crippen molar-refractivity contribution < 1.29 is 9.90 Å². The average molecular weight is 434 g/mol. The van der Waals surface area contributed by atoms with Crippen LogP contribution in [-0.4, -0.2) is 64.4 Å². The number of aromatic nitrogens is 2. The van der Waals surface area contributed by atoms with E-state index in [1.165, 1.54) is 19.3 Å². The van der Waals surface area contributed by atoms with E-state index in [1.54, 1.807) is 23.1 Å². The van der Waals surface area contributed by atoms with Crippen molar-refractivity contribution in [3.8, 4) is 17.0 Å². The van der Waals surface area contributed by atoms with E-state index in [9.17, 15) is 9.90 Å². The predicted octanol–water partition coefficient (Wildman–Crippen LogP) is 3.20. The number of phenolic OH excluding ortho intramolecular Hbond substituents is 1. The van der Waals surface area contributed by atoms with Gasteiger partial charge in [-0.3, -0.25) is 4.79 Å². The van der Waals surface area contributed by atoms with Gasteiger partial charge in [-0.05, 0) is 68.0 Å². The molecule has 7 nitrogen and oxygen atoms in total. The molecular weight excluding hydrogens is 402 g/mol. The molecule has 0 unspecified atom stereocenters. The van der Waals surface area contributed by atoms with Crippen molar-refractivity contribution in [3.63, 3.8) is 0 Å². The van der Waals surface area contributed by atoms with E-state index in [2.05, 4.69) is 27.5 Å². The van der Waals surface area contributed by atoms with Crippen LogP contribution in [0.15, 0.2) is 36.4 Å². The zero-order chi connectivity index (χ0) is 22.1. The summed E-state index contributed by atoms with van der Waals surface area (Å²) >= 11 is 0. The summed E-state index contributed by atoms with van der Waals surface area (Å²) < 4.78 is 0. The first-order valence-corrected chi connectivity index (χ1v) is 11.7. The van der Waals surface area contributed by atoms with Crippen molar-refractivity contribution in [2.75, 3.05) is 25.0 Å². The van der Waals surface area contributed by atoms with Gasteiger partial charge in [-0.2, -0.15) is 0 Å². The van der Waals surface area contributed by atoms with Gasteiger partial charge in [0.1, 0.15) is 5.75 Å². The fourth-order valence-corrected chi connectivity index (χ4v) is 5.07. The monoisotopic (exact) mass is 433 g/mol. The van der Waals surface area contributed by atoms with E-state index in [-0.39, 0.29) is 11.7 Å². The number of piperidine rings is 2. The van der Waals surface area contributed by atoms with Crippen LogP contribution in [0, 0.1) is 0 Å². The van der Waals surface area contributed by atoms with Crippen LogP contribution in [0.5, 0.6) is 5.75 Å². The summed E-state index contributed by atoms with van der Waals surface area (Å²) in [4.78, 5) is 16.0. The lowest BCUT2D eigenvalue weighted by molar-refractivity contribution is -0.129. The fraction of sp³-hybridized carbons (Fsp3) is 0.480. The molecule has 0 saturated carbocycles. The number of carbonyl (C=O) groups is 1. The number of nitrogens with one attached hydrogen (secondary N) is 1. The molecule has 0 aliphatic carbocycles. The number of hydrogen-bond acceptors (Lipinski definition) is 6. The fourth-order valence-electron chi connectivity index (χ4n) is 5.07. The maximum absolute atomic E-state index is 12.0. The van der Waals surface area contributed by atoms with Crippen molar-refractivity contribution >= 4 is 17.8 Å². The van der Waals surface area contributed by atoms with E-state index in [0.717, 1.165) is 43.7 Å². The molecule has 2 aromatic rings. The number of fused-ring (bicyclic) bond motifs is 2. The number of benzene rings is 1. The second-order valence-corrected chi connectivity index (χ2v) is 9.29. The van der Waals surface area contributed by atoms with Gasteiger partial charge in [-0.25, -0.2) is 0 Å². The molecule has 4 heterocycles. The molecular formula is C25H31N5O2. The van der Waals surface area contributed by atoms with Crippen LogP contribution < -0.4 is 10.2 Å². The molecule has 3 aliphatic heterocycles. The third-order valence-corrected chi connectivity index (χ3v) is 7.13. The molecule has 3 saturated heterocycles. The Bertz CT molecular complexity index is 990. The Kier molecular flexibility index (Phi) is 5.83. The highest BCUT2D eigenvalue weighted by Crippen LogP contribution is 2.32. The zero-order valence-electron chi connectivity index (χ0n) is 18.6. The van der Waals surface area contributed by atoms with Crippen molar-refractivity contribution in [2.45, 2.75) is 56.7 Å². The van der Waals surface area contributed by atoms with Gasteiger partial charge in [0.25, 0.3) is 0 Å². The maximum atomic E-state index is 12.0. The number of carbonyl (C=O) groups excluding carboxylic acids is 1. The molecule has 3 atom stereocenters. The standard InChI is InChI=1S/C25H31N5O2/c1-29(20-15-18-4-2-5-19(16-20)26-18)24-10-9-22(27-28-24)21-8-6-17(14-23(21)31)7-11-25(32)30-12-3-13-30/h6-11,14,18-20,26,31H,2-5,12-13,15-16H2,1H3/b11-7+/t18-,19+,20-. The number of nitrogens with zero attached hydrogens (tertiary/aromatic N) is 4. The van der Waals surface area contributed by atoms with Gasteiger partial charge in [0, 0.05) is 49.9 Å². The molecule has 3 fully saturated rings. The quantitative estimate of drug-likeness (QED) is 0.705.